The maximum atomic E-state index is 6.37. The molecule has 0 amide bonds. The van der Waals surface area contributed by atoms with Crippen molar-refractivity contribution in [2.24, 2.45) is 5.73 Å². The topological polar surface area (TPSA) is 61.7 Å². The van der Waals surface area contributed by atoms with Gasteiger partial charge >= 0.3 is 0 Å². The van der Waals surface area contributed by atoms with Crippen LogP contribution in [0.5, 0.6) is 0 Å². The molecule has 21 heavy (non-hydrogen) atoms. The minimum Gasteiger partial charge on any atom is -0.322 e. The van der Waals surface area contributed by atoms with E-state index < -0.39 is 0 Å². The lowest BCUT2D eigenvalue weighted by atomic mass is 10.1. The van der Waals surface area contributed by atoms with E-state index in [0.717, 1.165) is 30.0 Å². The number of aryl methyl sites for hydroxylation is 2. The number of nitrogens with two attached hydrogens (primary N) is 1. The molecule has 0 saturated heterocycles. The van der Waals surface area contributed by atoms with Crippen molar-refractivity contribution in [1.29, 1.82) is 0 Å². The van der Waals surface area contributed by atoms with Crippen molar-refractivity contribution in [1.82, 2.24) is 19.6 Å². The van der Waals surface area contributed by atoms with Gasteiger partial charge in [-0.15, -0.1) is 0 Å². The third kappa shape index (κ3) is 3.02. The van der Waals surface area contributed by atoms with Crippen LogP contribution in [0.4, 0.5) is 0 Å². The molecule has 0 bridgehead atoms. The first-order chi connectivity index (χ1) is 10.2. The molecule has 114 valence electrons. The molecule has 0 radical (unpaired) electrons. The Kier molecular flexibility index (Phi) is 4.10. The van der Waals surface area contributed by atoms with Crippen molar-refractivity contribution in [2.75, 3.05) is 0 Å². The number of nitrogens with zero attached hydrogens (tertiary/aromatic N) is 4. The van der Waals surface area contributed by atoms with Gasteiger partial charge in [-0.1, -0.05) is 12.8 Å². The van der Waals surface area contributed by atoms with Gasteiger partial charge in [0.15, 0.2) is 0 Å². The van der Waals surface area contributed by atoms with Crippen LogP contribution < -0.4 is 5.73 Å². The summed E-state index contributed by atoms with van der Waals surface area (Å²) in [4.78, 5) is 0. The van der Waals surface area contributed by atoms with Crippen LogP contribution in [-0.2, 0) is 13.0 Å². The molecule has 1 unspecified atom stereocenters. The van der Waals surface area contributed by atoms with Gasteiger partial charge in [0.2, 0.25) is 0 Å². The highest BCUT2D eigenvalue weighted by atomic mass is 15.3. The van der Waals surface area contributed by atoms with E-state index >= 15 is 0 Å². The van der Waals surface area contributed by atoms with Crippen LogP contribution in [0, 0.1) is 6.92 Å². The maximum Gasteiger partial charge on any atom is 0.0644 e. The summed E-state index contributed by atoms with van der Waals surface area (Å²) in [5.41, 5.74) is 9.58. The predicted octanol–water partition coefficient (Wildman–Crippen LogP) is 2.77. The third-order valence-electron chi connectivity index (χ3n) is 4.40. The summed E-state index contributed by atoms with van der Waals surface area (Å²) in [5, 5.41) is 9.20. The zero-order valence-electron chi connectivity index (χ0n) is 13.0. The Morgan fingerprint density at radius 1 is 1.33 bits per heavy atom. The Morgan fingerprint density at radius 3 is 2.81 bits per heavy atom. The summed E-state index contributed by atoms with van der Waals surface area (Å²) < 4.78 is 4.13. The lowest BCUT2D eigenvalue weighted by Crippen LogP contribution is -2.18. The number of hydrogen-bond acceptors (Lipinski definition) is 3. The molecule has 1 fully saturated rings. The second-order valence-electron chi connectivity index (χ2n) is 6.06. The largest absolute Gasteiger partial charge is 0.322 e. The van der Waals surface area contributed by atoms with Crippen LogP contribution >= 0.6 is 0 Å². The summed E-state index contributed by atoms with van der Waals surface area (Å²) >= 11 is 0. The van der Waals surface area contributed by atoms with E-state index in [9.17, 15) is 0 Å². The molecule has 3 rings (SSSR count). The molecule has 5 heteroatoms. The average Bonchev–Trinajstić information content (AvgIpc) is 3.16. The van der Waals surface area contributed by atoms with Crippen LogP contribution in [0.3, 0.4) is 0 Å². The Labute approximate surface area is 126 Å². The molecule has 1 saturated carbocycles. The second-order valence-corrected chi connectivity index (χ2v) is 6.06. The van der Waals surface area contributed by atoms with E-state index in [0.29, 0.717) is 6.04 Å². The number of aromatic nitrogens is 4. The first kappa shape index (κ1) is 14.3. The smallest absolute Gasteiger partial charge is 0.0644 e. The molecule has 2 aromatic rings. The van der Waals surface area contributed by atoms with Crippen LogP contribution in [0.2, 0.25) is 0 Å². The number of hydrogen-bond donors (Lipinski definition) is 1. The molecule has 0 aromatic carbocycles. The van der Waals surface area contributed by atoms with Crippen molar-refractivity contribution in [3.63, 3.8) is 0 Å². The van der Waals surface area contributed by atoms with Gasteiger partial charge in [0.05, 0.1) is 29.2 Å². The molecule has 2 heterocycles. The fraction of sp³-hybridized carbons (Fsp3) is 0.625. The Hall–Kier alpha value is -1.62. The summed E-state index contributed by atoms with van der Waals surface area (Å²) in [6, 6.07) is 4.75. The van der Waals surface area contributed by atoms with E-state index in [2.05, 4.69) is 35.0 Å². The van der Waals surface area contributed by atoms with E-state index in [1.807, 2.05) is 11.6 Å². The third-order valence-corrected chi connectivity index (χ3v) is 4.40. The highest BCUT2D eigenvalue weighted by Crippen LogP contribution is 2.29. The van der Waals surface area contributed by atoms with Crippen molar-refractivity contribution in [3.8, 4) is 0 Å². The first-order valence-corrected chi connectivity index (χ1v) is 8.01. The van der Waals surface area contributed by atoms with Crippen LogP contribution in [0.15, 0.2) is 18.3 Å². The van der Waals surface area contributed by atoms with Gasteiger partial charge in [-0.3, -0.25) is 9.36 Å². The van der Waals surface area contributed by atoms with Gasteiger partial charge in [0.25, 0.3) is 0 Å². The summed E-state index contributed by atoms with van der Waals surface area (Å²) in [7, 11) is 0. The summed E-state index contributed by atoms with van der Waals surface area (Å²) in [6.07, 6.45) is 8.05. The molecular formula is C16H25N5. The van der Waals surface area contributed by atoms with E-state index in [1.54, 1.807) is 0 Å². The zero-order chi connectivity index (χ0) is 14.8. The lowest BCUT2D eigenvalue weighted by molar-refractivity contribution is 0.460. The maximum absolute atomic E-state index is 6.37. The monoisotopic (exact) mass is 287 g/mol. The molecule has 2 N–H and O–H groups in total. The SMILES string of the molecule is CCn1nc(C)cc1C(N)Cc1ccn(C2CCCC2)n1. The quantitative estimate of drug-likeness (QED) is 0.919. The zero-order valence-corrected chi connectivity index (χ0v) is 13.0. The molecule has 1 atom stereocenters. The van der Waals surface area contributed by atoms with Crippen molar-refractivity contribution >= 4 is 0 Å². The van der Waals surface area contributed by atoms with E-state index in [-0.39, 0.29) is 6.04 Å². The minimum atomic E-state index is -0.0434. The Bertz CT molecular complexity index is 592. The van der Waals surface area contributed by atoms with Gasteiger partial charge in [-0.05, 0) is 38.8 Å². The molecule has 2 aromatic heterocycles. The van der Waals surface area contributed by atoms with Gasteiger partial charge in [-0.2, -0.15) is 10.2 Å². The molecular weight excluding hydrogens is 262 g/mol. The Morgan fingerprint density at radius 2 is 2.10 bits per heavy atom. The summed E-state index contributed by atoms with van der Waals surface area (Å²) in [5.74, 6) is 0. The van der Waals surface area contributed by atoms with Crippen LogP contribution in [0.25, 0.3) is 0 Å². The standard InChI is InChI=1S/C16H25N5/c1-3-20-16(10-12(2)18-20)15(17)11-13-8-9-21(19-13)14-6-4-5-7-14/h8-10,14-15H,3-7,11,17H2,1-2H3. The minimum absolute atomic E-state index is 0.0434. The fourth-order valence-corrected chi connectivity index (χ4v) is 3.31. The van der Waals surface area contributed by atoms with E-state index in [1.165, 1.54) is 25.7 Å². The average molecular weight is 287 g/mol. The summed E-state index contributed by atoms with van der Waals surface area (Å²) in [6.45, 7) is 4.96. The molecule has 0 aliphatic heterocycles. The van der Waals surface area contributed by atoms with E-state index in [4.69, 9.17) is 10.8 Å². The Balaban J connectivity index is 1.70. The molecule has 0 spiro atoms. The highest BCUT2D eigenvalue weighted by molar-refractivity contribution is 5.16. The first-order valence-electron chi connectivity index (χ1n) is 8.01. The van der Waals surface area contributed by atoms with Gasteiger partial charge in [0.1, 0.15) is 0 Å². The molecule has 5 nitrogen and oxygen atoms in total. The number of rotatable bonds is 5. The van der Waals surface area contributed by atoms with Gasteiger partial charge in [-0.25, -0.2) is 0 Å². The van der Waals surface area contributed by atoms with Crippen molar-refractivity contribution in [3.05, 3.63) is 35.4 Å². The molecule has 1 aliphatic rings. The molecule has 1 aliphatic carbocycles. The van der Waals surface area contributed by atoms with Crippen molar-refractivity contribution < 1.29 is 0 Å². The fourth-order valence-electron chi connectivity index (χ4n) is 3.31. The van der Waals surface area contributed by atoms with Crippen molar-refractivity contribution in [2.45, 2.75) is 64.6 Å². The van der Waals surface area contributed by atoms with Crippen LogP contribution in [-0.4, -0.2) is 19.6 Å². The van der Waals surface area contributed by atoms with Crippen LogP contribution in [0.1, 0.15) is 61.8 Å². The van der Waals surface area contributed by atoms with Gasteiger partial charge in [0, 0.05) is 19.2 Å². The highest BCUT2D eigenvalue weighted by Gasteiger charge is 2.19. The normalized spacial score (nSPS) is 17.5. The lowest BCUT2D eigenvalue weighted by Gasteiger charge is -2.12. The van der Waals surface area contributed by atoms with Gasteiger partial charge < -0.3 is 5.73 Å². The predicted molar refractivity (Wildman–Crippen MR) is 83.0 cm³/mol. The second kappa shape index (κ2) is 6.02.